The molecule has 2 atom stereocenters. The van der Waals surface area contributed by atoms with Gasteiger partial charge in [-0.1, -0.05) is 42.5 Å². The topological polar surface area (TPSA) is 111 Å². The molecule has 1 aromatic heterocycles. The number of carbonyl (C=O) groups excluding carboxylic acids is 2. The Kier molecular flexibility index (Phi) is 13.4. The normalized spacial score (nSPS) is 15.7. The SMILES string of the molecule is C=CCC1CCC(NC(=O)Cn2nc(C)c3ccccc32)C1.C=CN.CNCc1c(C(=O)OC)ccc(Cl)c1F. The summed E-state index contributed by atoms with van der Waals surface area (Å²) in [7, 11) is 2.90. The molecule has 0 radical (unpaired) electrons. The zero-order valence-corrected chi connectivity index (χ0v) is 24.1. The number of allylic oxidation sites excluding steroid dienone is 1. The molecule has 216 valence electrons. The molecule has 1 fully saturated rings. The van der Waals surface area contributed by atoms with Gasteiger partial charge in [-0.05, 0) is 70.0 Å². The molecule has 0 saturated heterocycles. The first-order chi connectivity index (χ1) is 19.2. The molecule has 1 saturated carbocycles. The van der Waals surface area contributed by atoms with Crippen LogP contribution in [0.4, 0.5) is 4.39 Å². The zero-order chi connectivity index (χ0) is 29.7. The minimum atomic E-state index is -0.589. The minimum absolute atomic E-state index is 0.00657. The third kappa shape index (κ3) is 8.93. The van der Waals surface area contributed by atoms with E-state index in [4.69, 9.17) is 11.6 Å². The van der Waals surface area contributed by atoms with Gasteiger partial charge in [0.15, 0.2) is 0 Å². The third-order valence-corrected chi connectivity index (χ3v) is 6.79. The van der Waals surface area contributed by atoms with Gasteiger partial charge >= 0.3 is 5.97 Å². The highest BCUT2D eigenvalue weighted by Crippen LogP contribution is 2.28. The lowest BCUT2D eigenvalue weighted by atomic mass is 10.0. The summed E-state index contributed by atoms with van der Waals surface area (Å²) < 4.78 is 19.9. The van der Waals surface area contributed by atoms with Gasteiger partial charge in [-0.25, -0.2) is 9.18 Å². The summed E-state index contributed by atoms with van der Waals surface area (Å²) in [4.78, 5) is 23.6. The molecule has 2 unspecified atom stereocenters. The molecule has 40 heavy (non-hydrogen) atoms. The van der Waals surface area contributed by atoms with Gasteiger partial charge in [-0.3, -0.25) is 9.48 Å². The Morgan fingerprint density at radius 3 is 2.60 bits per heavy atom. The molecule has 1 aliphatic rings. The molecule has 2 aromatic carbocycles. The number of benzene rings is 2. The molecular weight excluding hydrogens is 533 g/mol. The van der Waals surface area contributed by atoms with Gasteiger partial charge in [0.2, 0.25) is 5.91 Å². The molecule has 1 aliphatic carbocycles. The van der Waals surface area contributed by atoms with Gasteiger partial charge in [0, 0.05) is 23.5 Å². The number of methoxy groups -OCH3 is 1. The summed E-state index contributed by atoms with van der Waals surface area (Å²) in [5.74, 6) is -0.433. The minimum Gasteiger partial charge on any atom is -0.465 e. The second-order valence-corrected chi connectivity index (χ2v) is 9.78. The van der Waals surface area contributed by atoms with Gasteiger partial charge in [0.05, 0.1) is 28.9 Å². The van der Waals surface area contributed by atoms with Crippen molar-refractivity contribution in [3.05, 3.63) is 89.5 Å². The maximum Gasteiger partial charge on any atom is 0.338 e. The van der Waals surface area contributed by atoms with Crippen LogP contribution in [0.5, 0.6) is 0 Å². The Hall–Kier alpha value is -3.69. The molecule has 3 aromatic rings. The highest BCUT2D eigenvalue weighted by Gasteiger charge is 2.25. The number of nitrogens with zero attached hydrogens (tertiary/aromatic N) is 2. The van der Waals surface area contributed by atoms with Crippen LogP contribution in [0.2, 0.25) is 5.02 Å². The van der Waals surface area contributed by atoms with E-state index in [1.54, 1.807) is 11.7 Å². The van der Waals surface area contributed by atoms with Crippen LogP contribution in [0.25, 0.3) is 10.9 Å². The van der Waals surface area contributed by atoms with E-state index in [0.717, 1.165) is 35.9 Å². The second-order valence-electron chi connectivity index (χ2n) is 9.37. The largest absolute Gasteiger partial charge is 0.465 e. The predicted octanol–water partition coefficient (Wildman–Crippen LogP) is 5.28. The predicted molar refractivity (Wildman–Crippen MR) is 158 cm³/mol. The molecule has 10 heteroatoms. The summed E-state index contributed by atoms with van der Waals surface area (Å²) in [6, 6.07) is 11.1. The fraction of sp³-hybridized carbons (Fsp3) is 0.367. The highest BCUT2D eigenvalue weighted by molar-refractivity contribution is 6.30. The van der Waals surface area contributed by atoms with Crippen molar-refractivity contribution in [3.63, 3.8) is 0 Å². The van der Waals surface area contributed by atoms with Gasteiger partial charge < -0.3 is 21.1 Å². The van der Waals surface area contributed by atoms with E-state index in [0.29, 0.717) is 12.0 Å². The van der Waals surface area contributed by atoms with Crippen LogP contribution in [0.15, 0.2) is 61.8 Å². The van der Waals surface area contributed by atoms with Crippen molar-refractivity contribution in [2.45, 2.75) is 51.7 Å². The van der Waals surface area contributed by atoms with Crippen LogP contribution in [0.1, 0.15) is 47.3 Å². The highest BCUT2D eigenvalue weighted by atomic mass is 35.5. The van der Waals surface area contributed by atoms with Gasteiger partial charge in [0.1, 0.15) is 12.4 Å². The van der Waals surface area contributed by atoms with E-state index in [-0.39, 0.29) is 35.1 Å². The fourth-order valence-electron chi connectivity index (χ4n) is 4.72. The number of halogens is 2. The van der Waals surface area contributed by atoms with E-state index >= 15 is 0 Å². The molecule has 1 heterocycles. The molecule has 8 nitrogen and oxygen atoms in total. The molecular formula is C30H39ClFN5O3. The molecule has 0 bridgehead atoms. The summed E-state index contributed by atoms with van der Waals surface area (Å²) >= 11 is 5.61. The molecule has 4 N–H and O–H groups in total. The summed E-state index contributed by atoms with van der Waals surface area (Å²) in [5.41, 5.74) is 7.01. The van der Waals surface area contributed by atoms with Crippen molar-refractivity contribution in [2.24, 2.45) is 11.7 Å². The van der Waals surface area contributed by atoms with E-state index in [9.17, 15) is 14.0 Å². The average molecular weight is 572 g/mol. The first-order valence-electron chi connectivity index (χ1n) is 13.0. The van der Waals surface area contributed by atoms with Crippen LogP contribution in [-0.2, 0) is 22.6 Å². The Balaban J connectivity index is 0.000000272. The van der Waals surface area contributed by atoms with Crippen molar-refractivity contribution in [1.82, 2.24) is 20.4 Å². The van der Waals surface area contributed by atoms with E-state index in [1.807, 2.05) is 37.3 Å². The lowest BCUT2D eigenvalue weighted by Gasteiger charge is -2.13. The summed E-state index contributed by atoms with van der Waals surface area (Å²) in [6.45, 7) is 9.42. The number of aromatic nitrogens is 2. The Labute approximate surface area is 240 Å². The Morgan fingerprint density at radius 2 is 1.95 bits per heavy atom. The standard InChI is InChI=1S/C18H23N3O.C10H11ClFNO2.C2H5N/c1-3-6-14-9-10-15(11-14)19-18(22)12-21-17-8-5-4-7-16(17)13(2)20-21;1-13-5-7-6(10(14)15-2)3-4-8(11)9(7)12;1-2-3/h3-5,7-8,14-15H,1,6,9-12H2,2H3,(H,19,22);3-4,13H,5H2,1-2H3;2H,1,3H2. The van der Waals surface area contributed by atoms with Crippen LogP contribution in [0, 0.1) is 18.7 Å². The maximum atomic E-state index is 13.6. The molecule has 0 aliphatic heterocycles. The Bertz CT molecular complexity index is 1310. The van der Waals surface area contributed by atoms with Gasteiger partial charge in [0.25, 0.3) is 0 Å². The van der Waals surface area contributed by atoms with Crippen molar-refractivity contribution in [2.75, 3.05) is 14.2 Å². The lowest BCUT2D eigenvalue weighted by molar-refractivity contribution is -0.122. The van der Waals surface area contributed by atoms with Crippen LogP contribution < -0.4 is 16.4 Å². The number of hydrogen-bond acceptors (Lipinski definition) is 6. The van der Waals surface area contributed by atoms with Crippen molar-refractivity contribution in [1.29, 1.82) is 0 Å². The quantitative estimate of drug-likeness (QED) is 0.251. The number of rotatable bonds is 8. The van der Waals surface area contributed by atoms with Gasteiger partial charge in [-0.15, -0.1) is 6.58 Å². The monoisotopic (exact) mass is 571 g/mol. The van der Waals surface area contributed by atoms with E-state index in [1.165, 1.54) is 31.9 Å². The van der Waals surface area contributed by atoms with Crippen molar-refractivity contribution in [3.8, 4) is 0 Å². The van der Waals surface area contributed by atoms with E-state index in [2.05, 4.69) is 39.4 Å². The number of aryl methyl sites for hydroxylation is 1. The summed E-state index contributed by atoms with van der Waals surface area (Å²) in [5, 5.41) is 11.5. The van der Waals surface area contributed by atoms with Gasteiger partial charge in [-0.2, -0.15) is 5.10 Å². The lowest BCUT2D eigenvalue weighted by Crippen LogP contribution is -2.35. The first kappa shape index (κ1) is 32.5. The summed E-state index contributed by atoms with van der Waals surface area (Å²) in [6.07, 6.45) is 7.60. The van der Waals surface area contributed by atoms with Crippen molar-refractivity contribution < 1.29 is 18.7 Å². The van der Waals surface area contributed by atoms with Crippen LogP contribution in [-0.4, -0.2) is 41.9 Å². The Morgan fingerprint density at radius 1 is 1.25 bits per heavy atom. The van der Waals surface area contributed by atoms with Crippen molar-refractivity contribution >= 4 is 34.4 Å². The fourth-order valence-corrected chi connectivity index (χ4v) is 4.90. The smallest absolute Gasteiger partial charge is 0.338 e. The number of ether oxygens (including phenoxy) is 1. The first-order valence-corrected chi connectivity index (χ1v) is 13.4. The van der Waals surface area contributed by atoms with Crippen LogP contribution >= 0.6 is 11.6 Å². The number of fused-ring (bicyclic) bond motifs is 1. The second kappa shape index (κ2) is 16.4. The number of hydrogen-bond donors (Lipinski definition) is 3. The molecule has 1 amide bonds. The maximum absolute atomic E-state index is 13.6. The zero-order valence-electron chi connectivity index (χ0n) is 23.4. The molecule has 4 rings (SSSR count). The number of amides is 1. The number of para-hydroxylation sites is 1. The number of nitrogens with one attached hydrogen (secondary N) is 2. The number of nitrogens with two attached hydrogens (primary N) is 1. The number of carbonyl (C=O) groups is 2. The van der Waals surface area contributed by atoms with E-state index < -0.39 is 11.8 Å². The number of esters is 1. The molecule has 0 spiro atoms. The van der Waals surface area contributed by atoms with Crippen LogP contribution in [0.3, 0.4) is 0 Å². The average Bonchev–Trinajstić information content (AvgIpc) is 3.51. The third-order valence-electron chi connectivity index (χ3n) is 6.50.